The third-order valence-corrected chi connectivity index (χ3v) is 5.64. The van der Waals surface area contributed by atoms with E-state index in [-0.39, 0.29) is 24.3 Å². The Morgan fingerprint density at radius 2 is 1.88 bits per heavy atom. The highest BCUT2D eigenvalue weighted by molar-refractivity contribution is 5.91. The minimum atomic E-state index is -0.376. The molecule has 4 rings (SSSR count). The number of methoxy groups -OCH3 is 2. The van der Waals surface area contributed by atoms with E-state index in [4.69, 9.17) is 9.47 Å². The van der Waals surface area contributed by atoms with Gasteiger partial charge in [0.2, 0.25) is 11.8 Å². The fourth-order valence-corrected chi connectivity index (χ4v) is 4.09. The maximum atomic E-state index is 13.0. The van der Waals surface area contributed by atoms with Gasteiger partial charge in [-0.25, -0.2) is 4.68 Å². The molecule has 0 aliphatic carbocycles. The maximum Gasteiger partial charge on any atom is 0.227 e. The van der Waals surface area contributed by atoms with Crippen LogP contribution in [0, 0.1) is 0 Å². The molecule has 1 aliphatic heterocycles. The highest BCUT2D eigenvalue weighted by atomic mass is 16.5. The first-order valence-electron chi connectivity index (χ1n) is 10.6. The Balaban J connectivity index is 1.52. The molecule has 170 valence electrons. The number of aromatic nitrogens is 2. The number of carbonyl (C=O) groups excluding carboxylic acids is 2. The van der Waals surface area contributed by atoms with Gasteiger partial charge in [-0.05, 0) is 23.3 Å². The summed E-state index contributed by atoms with van der Waals surface area (Å²) >= 11 is 0. The number of amides is 2. The highest BCUT2D eigenvalue weighted by Gasteiger charge is 2.28. The summed E-state index contributed by atoms with van der Waals surface area (Å²) < 4.78 is 12.6. The van der Waals surface area contributed by atoms with Crippen molar-refractivity contribution in [2.24, 2.45) is 0 Å². The molecule has 8 nitrogen and oxygen atoms in total. The van der Waals surface area contributed by atoms with Gasteiger partial charge in [-0.15, -0.1) is 0 Å². The summed E-state index contributed by atoms with van der Waals surface area (Å²) in [6.07, 6.45) is 5.38. The van der Waals surface area contributed by atoms with Gasteiger partial charge in [0.1, 0.15) is 5.82 Å². The zero-order valence-electron chi connectivity index (χ0n) is 18.8. The lowest BCUT2D eigenvalue weighted by molar-refractivity contribution is -0.129. The summed E-state index contributed by atoms with van der Waals surface area (Å²) in [5.74, 6) is 1.47. The Morgan fingerprint density at radius 1 is 1.06 bits per heavy atom. The fraction of sp³-hybridized carbons (Fsp3) is 0.240. The molecule has 3 aromatic rings. The Bertz CT molecular complexity index is 1200. The van der Waals surface area contributed by atoms with Crippen molar-refractivity contribution in [1.82, 2.24) is 14.7 Å². The first kappa shape index (κ1) is 22.1. The van der Waals surface area contributed by atoms with E-state index in [2.05, 4.69) is 10.4 Å². The molecule has 2 heterocycles. The number of nitrogens with zero attached hydrogens (tertiary/aromatic N) is 3. The zero-order valence-corrected chi connectivity index (χ0v) is 18.8. The van der Waals surface area contributed by atoms with Gasteiger partial charge in [0, 0.05) is 24.8 Å². The van der Waals surface area contributed by atoms with Crippen LogP contribution in [0.3, 0.4) is 0 Å². The van der Waals surface area contributed by atoms with E-state index in [1.54, 1.807) is 42.3 Å². The molecule has 33 heavy (non-hydrogen) atoms. The summed E-state index contributed by atoms with van der Waals surface area (Å²) in [5, 5.41) is 7.29. The van der Waals surface area contributed by atoms with Crippen LogP contribution in [-0.2, 0) is 16.1 Å². The molecule has 1 aliphatic rings. The summed E-state index contributed by atoms with van der Waals surface area (Å²) in [6, 6.07) is 14.8. The highest BCUT2D eigenvalue weighted by Crippen LogP contribution is 2.34. The molecule has 0 saturated heterocycles. The van der Waals surface area contributed by atoms with Crippen molar-refractivity contribution < 1.29 is 19.1 Å². The largest absolute Gasteiger partial charge is 0.493 e. The van der Waals surface area contributed by atoms with E-state index in [1.807, 2.05) is 48.5 Å². The van der Waals surface area contributed by atoms with Crippen LogP contribution in [0.2, 0.25) is 0 Å². The Kier molecular flexibility index (Phi) is 6.44. The molecule has 0 spiro atoms. The normalized spacial score (nSPS) is 14.5. The maximum absolute atomic E-state index is 13.0. The standard InChI is InChI=1S/C25H26N4O4/c1-17(30)28-14-12-18-7-4-5-9-20(18)21(28)15-24(31)27-23-11-13-26-29(23)16-19-8-6-10-22(32-2)25(19)33-3/h4-14,21H,15-16H2,1-3H3,(H,27,31). The van der Waals surface area contributed by atoms with Gasteiger partial charge in [-0.2, -0.15) is 5.10 Å². The molecule has 0 bridgehead atoms. The molecule has 8 heteroatoms. The number of para-hydroxylation sites is 1. The van der Waals surface area contributed by atoms with E-state index in [0.29, 0.717) is 23.9 Å². The van der Waals surface area contributed by atoms with Gasteiger partial charge in [0.25, 0.3) is 0 Å². The smallest absolute Gasteiger partial charge is 0.227 e. The Hall–Kier alpha value is -4.07. The van der Waals surface area contributed by atoms with E-state index in [9.17, 15) is 9.59 Å². The lowest BCUT2D eigenvalue weighted by atomic mass is 9.93. The van der Waals surface area contributed by atoms with E-state index in [1.165, 1.54) is 6.92 Å². The topological polar surface area (TPSA) is 85.7 Å². The molecule has 1 unspecified atom stereocenters. The average Bonchev–Trinajstić information content (AvgIpc) is 3.25. The number of rotatable bonds is 7. The molecule has 0 fully saturated rings. The van der Waals surface area contributed by atoms with E-state index >= 15 is 0 Å². The van der Waals surface area contributed by atoms with Gasteiger partial charge in [0.15, 0.2) is 11.5 Å². The second kappa shape index (κ2) is 9.60. The van der Waals surface area contributed by atoms with Crippen LogP contribution in [0.15, 0.2) is 60.9 Å². The number of benzene rings is 2. The molecule has 2 aromatic carbocycles. The minimum absolute atomic E-state index is 0.117. The summed E-state index contributed by atoms with van der Waals surface area (Å²) in [4.78, 5) is 26.8. The average molecular weight is 447 g/mol. The van der Waals surface area contributed by atoms with Crippen LogP contribution in [0.25, 0.3) is 6.08 Å². The lowest BCUT2D eigenvalue weighted by Crippen LogP contribution is -2.33. The van der Waals surface area contributed by atoms with Crippen molar-refractivity contribution in [2.45, 2.75) is 25.9 Å². The first-order chi connectivity index (χ1) is 16.0. The van der Waals surface area contributed by atoms with E-state index in [0.717, 1.165) is 16.7 Å². The van der Waals surface area contributed by atoms with Crippen LogP contribution in [0.5, 0.6) is 11.5 Å². The second-order valence-corrected chi connectivity index (χ2v) is 7.67. The summed E-state index contributed by atoms with van der Waals surface area (Å²) in [5.41, 5.74) is 2.81. The SMILES string of the molecule is COc1cccc(Cn2nccc2NC(=O)CC2c3ccccc3C=CN2C(C)=O)c1OC. The van der Waals surface area contributed by atoms with Gasteiger partial charge in [-0.3, -0.25) is 9.59 Å². The molecule has 1 atom stereocenters. The molecule has 0 saturated carbocycles. The van der Waals surface area contributed by atoms with Crippen LogP contribution >= 0.6 is 0 Å². The number of nitrogens with one attached hydrogen (secondary N) is 1. The predicted molar refractivity (Wildman–Crippen MR) is 125 cm³/mol. The summed E-state index contributed by atoms with van der Waals surface area (Å²) in [6.45, 7) is 1.89. The van der Waals surface area contributed by atoms with Crippen molar-refractivity contribution >= 4 is 23.7 Å². The van der Waals surface area contributed by atoms with Crippen LogP contribution in [0.1, 0.15) is 36.1 Å². The molecule has 0 radical (unpaired) electrons. The van der Waals surface area contributed by atoms with Crippen LogP contribution < -0.4 is 14.8 Å². The third kappa shape index (κ3) is 4.59. The van der Waals surface area contributed by atoms with E-state index < -0.39 is 0 Å². The molecule has 1 N–H and O–H groups in total. The molecular formula is C25H26N4O4. The quantitative estimate of drug-likeness (QED) is 0.596. The van der Waals surface area contributed by atoms with Crippen molar-refractivity contribution in [1.29, 1.82) is 0 Å². The zero-order chi connectivity index (χ0) is 23.4. The Morgan fingerprint density at radius 3 is 2.64 bits per heavy atom. The lowest BCUT2D eigenvalue weighted by Gasteiger charge is -2.32. The van der Waals surface area contributed by atoms with Crippen molar-refractivity contribution in [3.63, 3.8) is 0 Å². The van der Waals surface area contributed by atoms with Crippen molar-refractivity contribution in [3.8, 4) is 11.5 Å². The first-order valence-corrected chi connectivity index (χ1v) is 10.6. The third-order valence-electron chi connectivity index (χ3n) is 5.64. The number of hydrogen-bond acceptors (Lipinski definition) is 5. The molecule has 1 aromatic heterocycles. The fourth-order valence-electron chi connectivity index (χ4n) is 4.09. The number of carbonyl (C=O) groups is 2. The van der Waals surface area contributed by atoms with Crippen LogP contribution in [0.4, 0.5) is 5.82 Å². The van der Waals surface area contributed by atoms with Gasteiger partial charge < -0.3 is 19.7 Å². The summed E-state index contributed by atoms with van der Waals surface area (Å²) in [7, 11) is 3.18. The van der Waals surface area contributed by atoms with Gasteiger partial charge in [-0.1, -0.05) is 36.4 Å². The van der Waals surface area contributed by atoms with Crippen LogP contribution in [-0.4, -0.2) is 40.7 Å². The molecule has 2 amide bonds. The predicted octanol–water partition coefficient (Wildman–Crippen LogP) is 3.85. The number of anilines is 1. The van der Waals surface area contributed by atoms with Crippen molar-refractivity contribution in [3.05, 3.63) is 77.6 Å². The number of fused-ring (bicyclic) bond motifs is 1. The minimum Gasteiger partial charge on any atom is -0.493 e. The van der Waals surface area contributed by atoms with Crippen molar-refractivity contribution in [2.75, 3.05) is 19.5 Å². The number of hydrogen-bond donors (Lipinski definition) is 1. The second-order valence-electron chi connectivity index (χ2n) is 7.67. The Labute approximate surface area is 192 Å². The van der Waals surface area contributed by atoms with Gasteiger partial charge in [0.05, 0.1) is 39.4 Å². The monoisotopic (exact) mass is 446 g/mol. The molecular weight excluding hydrogens is 420 g/mol. The van der Waals surface area contributed by atoms with Gasteiger partial charge >= 0.3 is 0 Å². The number of ether oxygens (including phenoxy) is 2.